The number of carboxylic acid groups (broad SMARTS) is 1. The summed E-state index contributed by atoms with van der Waals surface area (Å²) in [6, 6.07) is 15.0. The van der Waals surface area contributed by atoms with Gasteiger partial charge in [0.2, 0.25) is 11.8 Å². The molecular formula is C20H18N3O5S-. The van der Waals surface area contributed by atoms with Crippen LogP contribution in [-0.2, 0) is 16.0 Å². The van der Waals surface area contributed by atoms with Gasteiger partial charge in [-0.1, -0.05) is 42.1 Å². The third-order valence-corrected chi connectivity index (χ3v) is 4.79. The number of amides is 1. The fourth-order valence-electron chi connectivity index (χ4n) is 2.52. The number of nitrogens with one attached hydrogen (secondary N) is 1. The van der Waals surface area contributed by atoms with Gasteiger partial charge in [-0.05, 0) is 36.2 Å². The molecule has 0 aliphatic rings. The minimum absolute atomic E-state index is 0.0667. The van der Waals surface area contributed by atoms with Gasteiger partial charge in [0.1, 0.15) is 5.75 Å². The van der Waals surface area contributed by atoms with Crippen LogP contribution in [0.3, 0.4) is 0 Å². The van der Waals surface area contributed by atoms with E-state index >= 15 is 0 Å². The Hall–Kier alpha value is -3.33. The number of aromatic nitrogens is 2. The average Bonchev–Trinajstić information content (AvgIpc) is 3.21. The summed E-state index contributed by atoms with van der Waals surface area (Å²) in [7, 11) is 1.58. The molecule has 1 heterocycles. The molecule has 1 aromatic heterocycles. The lowest BCUT2D eigenvalue weighted by molar-refractivity contribution is -0.308. The van der Waals surface area contributed by atoms with Crippen LogP contribution in [0.15, 0.2) is 64.2 Å². The zero-order valence-electron chi connectivity index (χ0n) is 15.5. The highest BCUT2D eigenvalue weighted by Gasteiger charge is 2.16. The van der Waals surface area contributed by atoms with Crippen molar-refractivity contribution in [2.24, 2.45) is 0 Å². The highest BCUT2D eigenvalue weighted by atomic mass is 32.2. The van der Waals surface area contributed by atoms with Gasteiger partial charge in [-0.15, -0.1) is 10.2 Å². The molecule has 9 heteroatoms. The quantitative estimate of drug-likeness (QED) is 0.523. The number of aliphatic carboxylic acids is 1. The number of carbonyl (C=O) groups excluding carboxylic acids is 2. The van der Waals surface area contributed by atoms with E-state index in [1.165, 1.54) is 0 Å². The van der Waals surface area contributed by atoms with Gasteiger partial charge in [-0.2, -0.15) is 0 Å². The lowest BCUT2D eigenvalue weighted by atomic mass is 10.1. The first-order valence-corrected chi connectivity index (χ1v) is 9.68. The molecule has 0 saturated carbocycles. The Balaban J connectivity index is 1.54. The van der Waals surface area contributed by atoms with Crippen LogP contribution < -0.4 is 15.2 Å². The number of carboxylic acids is 1. The predicted octanol–water partition coefficient (Wildman–Crippen LogP) is 1.31. The largest absolute Gasteiger partial charge is 0.548 e. The molecule has 3 aromatic rings. The Labute approximate surface area is 171 Å². The number of thioether (sulfide) groups is 1. The minimum atomic E-state index is -1.34. The second kappa shape index (κ2) is 9.74. The van der Waals surface area contributed by atoms with E-state index in [0.717, 1.165) is 22.9 Å². The number of methoxy groups -OCH3 is 1. The number of rotatable bonds is 9. The Bertz CT molecular complexity index is 960. The minimum Gasteiger partial charge on any atom is -0.548 e. The van der Waals surface area contributed by atoms with Crippen LogP contribution in [0.4, 0.5) is 0 Å². The fourth-order valence-corrected chi connectivity index (χ4v) is 3.10. The van der Waals surface area contributed by atoms with Crippen LogP contribution in [0.5, 0.6) is 5.75 Å². The number of ether oxygens (including phenoxy) is 1. The molecule has 8 nitrogen and oxygen atoms in total. The fraction of sp³-hybridized carbons (Fsp3) is 0.200. The summed E-state index contributed by atoms with van der Waals surface area (Å²) < 4.78 is 10.6. The number of benzene rings is 2. The first kappa shape index (κ1) is 20.4. The zero-order chi connectivity index (χ0) is 20.6. The molecule has 29 heavy (non-hydrogen) atoms. The predicted molar refractivity (Wildman–Crippen MR) is 104 cm³/mol. The van der Waals surface area contributed by atoms with E-state index in [9.17, 15) is 14.7 Å². The van der Waals surface area contributed by atoms with Gasteiger partial charge in [-0.25, -0.2) is 0 Å². The van der Waals surface area contributed by atoms with Crippen LogP contribution in [0.1, 0.15) is 5.56 Å². The van der Waals surface area contributed by atoms with Crippen molar-refractivity contribution in [1.29, 1.82) is 0 Å². The summed E-state index contributed by atoms with van der Waals surface area (Å²) in [5, 5.41) is 21.9. The van der Waals surface area contributed by atoms with Crippen molar-refractivity contribution in [1.82, 2.24) is 15.5 Å². The molecule has 0 saturated heterocycles. The van der Waals surface area contributed by atoms with Gasteiger partial charge >= 0.3 is 0 Å². The Kier molecular flexibility index (Phi) is 6.85. The molecule has 0 spiro atoms. The first-order valence-electron chi connectivity index (χ1n) is 8.70. The summed E-state index contributed by atoms with van der Waals surface area (Å²) in [6.45, 7) is 0. The third-order valence-electron chi connectivity index (χ3n) is 3.97. The van der Waals surface area contributed by atoms with Crippen LogP contribution in [-0.4, -0.2) is 41.0 Å². The van der Waals surface area contributed by atoms with Gasteiger partial charge in [0.05, 0.1) is 24.9 Å². The van der Waals surface area contributed by atoms with E-state index in [4.69, 9.17) is 9.15 Å². The lowest BCUT2D eigenvalue weighted by Gasteiger charge is -2.19. The molecule has 0 fully saturated rings. The molecule has 2 aromatic carbocycles. The first-order chi connectivity index (χ1) is 14.0. The summed E-state index contributed by atoms with van der Waals surface area (Å²) in [5.74, 6) is -0.858. The number of hydrogen-bond acceptors (Lipinski definition) is 8. The molecule has 0 aliphatic heterocycles. The van der Waals surface area contributed by atoms with E-state index in [0.29, 0.717) is 11.6 Å². The molecule has 0 unspecified atom stereocenters. The molecule has 3 rings (SSSR count). The van der Waals surface area contributed by atoms with Crippen molar-refractivity contribution in [2.45, 2.75) is 17.7 Å². The maximum atomic E-state index is 12.1. The Morgan fingerprint density at radius 2 is 1.86 bits per heavy atom. The number of nitrogens with zero attached hydrogens (tertiary/aromatic N) is 2. The zero-order valence-corrected chi connectivity index (χ0v) is 16.3. The van der Waals surface area contributed by atoms with E-state index < -0.39 is 17.9 Å². The van der Waals surface area contributed by atoms with Crippen LogP contribution >= 0.6 is 11.8 Å². The topological polar surface area (TPSA) is 117 Å². The highest BCUT2D eigenvalue weighted by molar-refractivity contribution is 7.99. The SMILES string of the molecule is COc1ccc(-c2nnc(SCC(=O)N[C@H](Cc3ccccc3)C(=O)[O-])o2)cc1. The lowest BCUT2D eigenvalue weighted by Crippen LogP contribution is -2.49. The average molecular weight is 412 g/mol. The molecule has 1 N–H and O–H groups in total. The number of carbonyl (C=O) groups is 2. The molecular weight excluding hydrogens is 394 g/mol. The standard InChI is InChI=1S/C20H19N3O5S/c1-27-15-9-7-14(8-10-15)18-22-23-20(28-18)29-12-17(24)21-16(19(25)26)11-13-5-3-2-4-6-13/h2-10,16H,11-12H2,1H3,(H,21,24)(H,25,26)/p-1/t16-/m1/s1. The van der Waals surface area contributed by atoms with Crippen molar-refractivity contribution in [3.8, 4) is 17.2 Å². The maximum absolute atomic E-state index is 12.1. The van der Waals surface area contributed by atoms with Crippen LogP contribution in [0.25, 0.3) is 11.5 Å². The second-order valence-corrected chi connectivity index (χ2v) is 6.95. The Morgan fingerprint density at radius 1 is 1.14 bits per heavy atom. The summed E-state index contributed by atoms with van der Waals surface area (Å²) in [4.78, 5) is 23.5. The van der Waals surface area contributed by atoms with E-state index in [-0.39, 0.29) is 17.4 Å². The summed E-state index contributed by atoms with van der Waals surface area (Å²) in [5.41, 5.74) is 1.50. The van der Waals surface area contributed by atoms with Crippen molar-refractivity contribution < 1.29 is 23.8 Å². The Morgan fingerprint density at radius 3 is 2.52 bits per heavy atom. The molecule has 0 radical (unpaired) electrons. The van der Waals surface area contributed by atoms with Crippen LogP contribution in [0, 0.1) is 0 Å². The normalized spacial score (nSPS) is 11.6. The van der Waals surface area contributed by atoms with Gasteiger partial charge in [0, 0.05) is 5.56 Å². The van der Waals surface area contributed by atoms with Crippen molar-refractivity contribution >= 4 is 23.6 Å². The van der Waals surface area contributed by atoms with Gasteiger partial charge in [0.25, 0.3) is 5.22 Å². The monoisotopic (exact) mass is 412 g/mol. The van der Waals surface area contributed by atoms with E-state index in [2.05, 4.69) is 15.5 Å². The van der Waals surface area contributed by atoms with Crippen molar-refractivity contribution in [3.63, 3.8) is 0 Å². The molecule has 1 amide bonds. The van der Waals surface area contributed by atoms with Crippen molar-refractivity contribution in [2.75, 3.05) is 12.9 Å². The van der Waals surface area contributed by atoms with Crippen molar-refractivity contribution in [3.05, 3.63) is 60.2 Å². The van der Waals surface area contributed by atoms with E-state index in [1.807, 2.05) is 6.07 Å². The summed E-state index contributed by atoms with van der Waals surface area (Å²) >= 11 is 1.02. The third kappa shape index (κ3) is 5.82. The molecule has 0 bridgehead atoms. The number of hydrogen-bond donors (Lipinski definition) is 1. The van der Waals surface area contributed by atoms with Crippen LogP contribution in [0.2, 0.25) is 0 Å². The second-order valence-electron chi connectivity index (χ2n) is 6.02. The molecule has 1 atom stereocenters. The summed E-state index contributed by atoms with van der Waals surface area (Å²) in [6.07, 6.45) is 0.141. The smallest absolute Gasteiger partial charge is 0.277 e. The molecule has 150 valence electrons. The van der Waals surface area contributed by atoms with Gasteiger partial charge in [0.15, 0.2) is 0 Å². The van der Waals surface area contributed by atoms with Gasteiger partial charge in [-0.3, -0.25) is 4.79 Å². The maximum Gasteiger partial charge on any atom is 0.277 e. The highest BCUT2D eigenvalue weighted by Crippen LogP contribution is 2.24. The van der Waals surface area contributed by atoms with Gasteiger partial charge < -0.3 is 24.4 Å². The van der Waals surface area contributed by atoms with E-state index in [1.54, 1.807) is 55.6 Å². The molecule has 0 aliphatic carbocycles.